The van der Waals surface area contributed by atoms with Crippen LogP contribution in [0.3, 0.4) is 0 Å². The molecule has 3 rings (SSSR count). The number of amides is 2. The number of methoxy groups -OCH3 is 1. The fourth-order valence-corrected chi connectivity index (χ4v) is 2.27. The number of nitrogens with one attached hydrogen (secondary N) is 2. The Hall–Kier alpha value is -3.81. The van der Waals surface area contributed by atoms with Gasteiger partial charge in [0.25, 0.3) is 11.8 Å². The SMILES string of the molecule is COc1ccc2cc(C(=O)NNC(=O)COc3ccccc3)c(=O)oc2c1. The third kappa shape index (κ3) is 4.43. The second-order valence-electron chi connectivity index (χ2n) is 5.46. The maximum Gasteiger partial charge on any atom is 0.349 e. The topological polar surface area (TPSA) is 107 Å². The predicted octanol–water partition coefficient (Wildman–Crippen LogP) is 1.64. The molecular weight excluding hydrogens is 352 g/mol. The number of hydrogen-bond donors (Lipinski definition) is 2. The first-order chi connectivity index (χ1) is 13.1. The van der Waals surface area contributed by atoms with Gasteiger partial charge in [0.15, 0.2) is 6.61 Å². The van der Waals surface area contributed by atoms with Crippen molar-refractivity contribution in [1.82, 2.24) is 10.9 Å². The summed E-state index contributed by atoms with van der Waals surface area (Å²) in [6, 6.07) is 15.0. The Balaban J connectivity index is 1.62. The first kappa shape index (κ1) is 18.0. The zero-order valence-corrected chi connectivity index (χ0v) is 14.4. The van der Waals surface area contributed by atoms with Crippen LogP contribution in [-0.2, 0) is 4.79 Å². The van der Waals surface area contributed by atoms with E-state index in [1.807, 2.05) is 6.07 Å². The Morgan fingerprint density at radius 1 is 1.00 bits per heavy atom. The Morgan fingerprint density at radius 3 is 2.52 bits per heavy atom. The molecule has 0 aliphatic carbocycles. The second-order valence-corrected chi connectivity index (χ2v) is 5.46. The van der Waals surface area contributed by atoms with Gasteiger partial charge in [0.1, 0.15) is 22.6 Å². The van der Waals surface area contributed by atoms with E-state index in [1.165, 1.54) is 13.2 Å². The molecule has 2 amide bonds. The molecule has 0 radical (unpaired) electrons. The van der Waals surface area contributed by atoms with Crippen molar-refractivity contribution in [3.05, 3.63) is 70.6 Å². The minimum absolute atomic E-state index is 0.239. The largest absolute Gasteiger partial charge is 0.497 e. The number of carbonyl (C=O) groups excluding carboxylic acids is 2. The van der Waals surface area contributed by atoms with E-state index < -0.39 is 17.4 Å². The average molecular weight is 368 g/mol. The summed E-state index contributed by atoms with van der Waals surface area (Å²) in [4.78, 5) is 35.9. The first-order valence-corrected chi connectivity index (χ1v) is 7.96. The van der Waals surface area contributed by atoms with Crippen LogP contribution >= 0.6 is 0 Å². The first-order valence-electron chi connectivity index (χ1n) is 7.96. The van der Waals surface area contributed by atoms with Crippen molar-refractivity contribution >= 4 is 22.8 Å². The molecular formula is C19H16N2O6. The highest BCUT2D eigenvalue weighted by Gasteiger charge is 2.15. The van der Waals surface area contributed by atoms with Crippen LogP contribution in [-0.4, -0.2) is 25.5 Å². The standard InChI is InChI=1S/C19H16N2O6/c1-25-14-8-7-12-9-15(19(24)27-16(12)10-14)18(23)21-20-17(22)11-26-13-5-3-2-4-6-13/h2-10H,11H2,1H3,(H,20,22)(H,21,23). The lowest BCUT2D eigenvalue weighted by atomic mass is 10.1. The van der Waals surface area contributed by atoms with Crippen LogP contribution in [0.4, 0.5) is 0 Å². The summed E-state index contributed by atoms with van der Waals surface area (Å²) < 4.78 is 15.4. The number of benzene rings is 2. The number of rotatable bonds is 5. The summed E-state index contributed by atoms with van der Waals surface area (Å²) in [6.07, 6.45) is 0. The maximum absolute atomic E-state index is 12.2. The molecule has 1 heterocycles. The van der Waals surface area contributed by atoms with Crippen LogP contribution < -0.4 is 26.0 Å². The van der Waals surface area contributed by atoms with Gasteiger partial charge in [-0.1, -0.05) is 18.2 Å². The zero-order valence-electron chi connectivity index (χ0n) is 14.4. The Morgan fingerprint density at radius 2 is 1.78 bits per heavy atom. The van der Waals surface area contributed by atoms with Crippen LogP contribution in [0, 0.1) is 0 Å². The van der Waals surface area contributed by atoms with E-state index in [0.29, 0.717) is 16.9 Å². The van der Waals surface area contributed by atoms with Crippen LogP contribution in [0.15, 0.2) is 63.8 Å². The zero-order chi connectivity index (χ0) is 19.2. The van der Waals surface area contributed by atoms with Gasteiger partial charge in [-0.05, 0) is 30.3 Å². The molecule has 2 aromatic carbocycles. The van der Waals surface area contributed by atoms with Gasteiger partial charge in [0.2, 0.25) is 0 Å². The molecule has 0 saturated carbocycles. The molecule has 0 fully saturated rings. The van der Waals surface area contributed by atoms with Crippen LogP contribution in [0.1, 0.15) is 10.4 Å². The van der Waals surface area contributed by atoms with Gasteiger partial charge in [-0.25, -0.2) is 4.79 Å². The molecule has 27 heavy (non-hydrogen) atoms. The third-order valence-corrected chi connectivity index (χ3v) is 3.62. The van der Waals surface area contributed by atoms with Crippen molar-refractivity contribution in [2.45, 2.75) is 0 Å². The smallest absolute Gasteiger partial charge is 0.349 e. The van der Waals surface area contributed by atoms with Gasteiger partial charge >= 0.3 is 5.63 Å². The second kappa shape index (κ2) is 8.05. The summed E-state index contributed by atoms with van der Waals surface area (Å²) in [5.74, 6) is -0.338. The fourth-order valence-electron chi connectivity index (χ4n) is 2.27. The Bertz CT molecular complexity index is 1030. The van der Waals surface area contributed by atoms with Crippen molar-refractivity contribution in [2.75, 3.05) is 13.7 Å². The van der Waals surface area contributed by atoms with Crippen molar-refractivity contribution in [3.8, 4) is 11.5 Å². The van der Waals surface area contributed by atoms with Crippen LogP contribution in [0.5, 0.6) is 11.5 Å². The number of carbonyl (C=O) groups is 2. The number of para-hydroxylation sites is 1. The maximum atomic E-state index is 12.2. The highest BCUT2D eigenvalue weighted by molar-refractivity contribution is 5.97. The lowest BCUT2D eigenvalue weighted by Gasteiger charge is -2.09. The molecule has 138 valence electrons. The highest BCUT2D eigenvalue weighted by Crippen LogP contribution is 2.20. The number of hydrazine groups is 1. The minimum Gasteiger partial charge on any atom is -0.497 e. The molecule has 0 atom stereocenters. The average Bonchev–Trinajstić information content (AvgIpc) is 2.70. The summed E-state index contributed by atoms with van der Waals surface area (Å²) in [6.45, 7) is -0.295. The summed E-state index contributed by atoms with van der Waals surface area (Å²) in [5.41, 5.74) is 3.56. The summed E-state index contributed by atoms with van der Waals surface area (Å²) >= 11 is 0. The fraction of sp³-hybridized carbons (Fsp3) is 0.105. The minimum atomic E-state index is -0.831. The molecule has 0 unspecified atom stereocenters. The van der Waals surface area contributed by atoms with Crippen molar-refractivity contribution in [1.29, 1.82) is 0 Å². The quantitative estimate of drug-likeness (QED) is 0.524. The van der Waals surface area contributed by atoms with Crippen molar-refractivity contribution in [2.24, 2.45) is 0 Å². The number of ether oxygens (including phenoxy) is 2. The van der Waals surface area contributed by atoms with Crippen molar-refractivity contribution < 1.29 is 23.5 Å². The molecule has 2 N–H and O–H groups in total. The van der Waals surface area contributed by atoms with E-state index in [-0.39, 0.29) is 17.8 Å². The van der Waals surface area contributed by atoms with E-state index in [4.69, 9.17) is 13.9 Å². The van der Waals surface area contributed by atoms with E-state index >= 15 is 0 Å². The monoisotopic (exact) mass is 368 g/mol. The summed E-state index contributed by atoms with van der Waals surface area (Å²) in [7, 11) is 1.49. The Labute approximate surface area is 153 Å². The van der Waals surface area contributed by atoms with E-state index in [9.17, 15) is 14.4 Å². The molecule has 0 aliphatic rings. The molecule has 0 saturated heterocycles. The Kier molecular flexibility index (Phi) is 5.36. The van der Waals surface area contributed by atoms with Gasteiger partial charge in [0, 0.05) is 11.5 Å². The molecule has 8 heteroatoms. The van der Waals surface area contributed by atoms with Gasteiger partial charge in [-0.15, -0.1) is 0 Å². The van der Waals surface area contributed by atoms with Gasteiger partial charge in [-0.2, -0.15) is 0 Å². The molecule has 1 aromatic heterocycles. The third-order valence-electron chi connectivity index (χ3n) is 3.62. The highest BCUT2D eigenvalue weighted by atomic mass is 16.5. The normalized spacial score (nSPS) is 10.3. The van der Waals surface area contributed by atoms with E-state index in [1.54, 1.807) is 42.5 Å². The van der Waals surface area contributed by atoms with Gasteiger partial charge < -0.3 is 13.9 Å². The predicted molar refractivity (Wildman–Crippen MR) is 96.6 cm³/mol. The summed E-state index contributed by atoms with van der Waals surface area (Å²) in [5, 5.41) is 0.541. The molecule has 8 nitrogen and oxygen atoms in total. The molecule has 3 aromatic rings. The number of fused-ring (bicyclic) bond motifs is 1. The lowest BCUT2D eigenvalue weighted by molar-refractivity contribution is -0.123. The van der Waals surface area contributed by atoms with Crippen molar-refractivity contribution in [3.63, 3.8) is 0 Å². The molecule has 0 bridgehead atoms. The van der Waals surface area contributed by atoms with E-state index in [2.05, 4.69) is 10.9 Å². The van der Waals surface area contributed by atoms with Gasteiger partial charge in [-0.3, -0.25) is 20.4 Å². The molecule has 0 spiro atoms. The lowest BCUT2D eigenvalue weighted by Crippen LogP contribution is -2.45. The van der Waals surface area contributed by atoms with Gasteiger partial charge in [0.05, 0.1) is 7.11 Å². The van der Waals surface area contributed by atoms with Crippen LogP contribution in [0.2, 0.25) is 0 Å². The van der Waals surface area contributed by atoms with Crippen LogP contribution in [0.25, 0.3) is 11.0 Å². The van der Waals surface area contributed by atoms with E-state index in [0.717, 1.165) is 0 Å². The molecule has 0 aliphatic heterocycles. The number of hydrogen-bond acceptors (Lipinski definition) is 6.